The molecule has 3 fully saturated rings. The number of aromatic nitrogens is 2. The number of hydrogen-bond donors (Lipinski definition) is 1. The lowest BCUT2D eigenvalue weighted by Crippen LogP contribution is -2.59. The Bertz CT molecular complexity index is 905. The maximum Gasteiger partial charge on any atom is 0.184 e. The molecule has 3 saturated carbocycles. The van der Waals surface area contributed by atoms with Crippen molar-refractivity contribution in [2.45, 2.75) is 117 Å². The van der Waals surface area contributed by atoms with Crippen LogP contribution in [0.1, 0.15) is 76.7 Å². The van der Waals surface area contributed by atoms with Crippen molar-refractivity contribution in [3.63, 3.8) is 0 Å². The van der Waals surface area contributed by atoms with E-state index < -0.39 is 16.6 Å². The molecular formula is C27H48N2O2Si2. The number of H-pyrrole nitrogens is 1. The van der Waals surface area contributed by atoms with E-state index in [1.54, 1.807) is 0 Å². The van der Waals surface area contributed by atoms with Crippen molar-refractivity contribution < 1.29 is 8.85 Å². The van der Waals surface area contributed by atoms with Crippen LogP contribution in [0.3, 0.4) is 0 Å². The number of hydrogen-bond acceptors (Lipinski definition) is 3. The first kappa shape index (κ1) is 24.3. The second kappa shape index (κ2) is 7.53. The lowest BCUT2D eigenvalue weighted by Gasteiger charge is -2.62. The zero-order chi connectivity index (χ0) is 24.0. The van der Waals surface area contributed by atoms with E-state index >= 15 is 0 Å². The Labute approximate surface area is 204 Å². The molecule has 0 aromatic carbocycles. The Kier molecular flexibility index (Phi) is 5.54. The van der Waals surface area contributed by atoms with Crippen molar-refractivity contribution in [1.29, 1.82) is 0 Å². The van der Waals surface area contributed by atoms with Crippen molar-refractivity contribution in [3.8, 4) is 0 Å². The van der Waals surface area contributed by atoms with Crippen molar-refractivity contribution in [2.24, 2.45) is 34.5 Å². The van der Waals surface area contributed by atoms with Crippen LogP contribution in [-0.2, 0) is 15.3 Å². The molecule has 1 N–H and O–H groups in total. The zero-order valence-electron chi connectivity index (χ0n) is 22.7. The monoisotopic (exact) mass is 488 g/mol. The van der Waals surface area contributed by atoms with Gasteiger partial charge in [0.25, 0.3) is 0 Å². The van der Waals surface area contributed by atoms with Crippen LogP contribution >= 0.6 is 0 Å². The van der Waals surface area contributed by atoms with Crippen molar-refractivity contribution >= 4 is 16.6 Å². The van der Waals surface area contributed by atoms with E-state index in [1.165, 1.54) is 56.2 Å². The summed E-state index contributed by atoms with van der Waals surface area (Å²) in [4.78, 5) is 0. The van der Waals surface area contributed by atoms with Gasteiger partial charge >= 0.3 is 0 Å². The third-order valence-electron chi connectivity index (χ3n) is 10.5. The summed E-state index contributed by atoms with van der Waals surface area (Å²) in [5, 5.41) is 7.85. The van der Waals surface area contributed by atoms with Crippen molar-refractivity contribution in [1.82, 2.24) is 10.2 Å². The molecule has 0 spiro atoms. The topological polar surface area (TPSA) is 47.1 Å². The average molecular weight is 489 g/mol. The standard InChI is InChI=1S/C27H48N2O2Si2/c1-25-16-18-17-28-29-23(18)24(30-32(4,5)6)22(25)11-10-19-20(25)12-14-26(2)21(19)13-15-27(26,3)31-33(7,8)9/h17,19-22,24H,10-16H2,1-9H3,(H,28,29)/t19-,20?,21?,22+,24-,25-,26+,27+/m1/s1. The maximum atomic E-state index is 6.99. The second-order valence-electron chi connectivity index (χ2n) is 14.6. The fraction of sp³-hybridized carbons (Fsp3) is 0.889. The van der Waals surface area contributed by atoms with Gasteiger partial charge in [0.15, 0.2) is 16.6 Å². The molecular weight excluding hydrogens is 440 g/mol. The van der Waals surface area contributed by atoms with Gasteiger partial charge in [-0.2, -0.15) is 5.10 Å². The predicted molar refractivity (Wildman–Crippen MR) is 140 cm³/mol. The van der Waals surface area contributed by atoms with Crippen LogP contribution in [0, 0.1) is 34.5 Å². The molecule has 0 radical (unpaired) electrons. The van der Waals surface area contributed by atoms with Crippen molar-refractivity contribution in [2.75, 3.05) is 0 Å². The van der Waals surface area contributed by atoms with Crippen LogP contribution in [0.2, 0.25) is 39.3 Å². The highest BCUT2D eigenvalue weighted by atomic mass is 28.4. The van der Waals surface area contributed by atoms with Gasteiger partial charge in [0.2, 0.25) is 0 Å². The predicted octanol–water partition coefficient (Wildman–Crippen LogP) is 7.33. The van der Waals surface area contributed by atoms with E-state index in [9.17, 15) is 0 Å². The molecule has 8 atom stereocenters. The number of rotatable bonds is 4. The van der Waals surface area contributed by atoms with Gasteiger partial charge in [-0.25, -0.2) is 0 Å². The Morgan fingerprint density at radius 3 is 2.24 bits per heavy atom. The Morgan fingerprint density at radius 2 is 1.58 bits per heavy atom. The SMILES string of the molecule is C[C@]12CCC3[C@@H](CC[C@H]4[C@@H](O[Si](C)(C)C)c5[nH]ncc5C[C@]34C)C1CC[C@]2(C)O[Si](C)(C)C. The van der Waals surface area contributed by atoms with E-state index in [0.29, 0.717) is 16.7 Å². The zero-order valence-corrected chi connectivity index (χ0v) is 24.7. The molecule has 6 heteroatoms. The lowest BCUT2D eigenvalue weighted by atomic mass is 9.44. The molecule has 0 amide bonds. The molecule has 5 rings (SSSR count). The first-order chi connectivity index (χ1) is 15.2. The van der Waals surface area contributed by atoms with Gasteiger partial charge in [0.1, 0.15) is 0 Å². The van der Waals surface area contributed by atoms with Gasteiger partial charge in [0.05, 0.1) is 23.6 Å². The molecule has 4 nitrogen and oxygen atoms in total. The molecule has 0 saturated heterocycles. The van der Waals surface area contributed by atoms with E-state index in [-0.39, 0.29) is 11.7 Å². The Hall–Kier alpha value is -0.436. The Balaban J connectivity index is 1.47. The summed E-state index contributed by atoms with van der Waals surface area (Å²) < 4.78 is 13.9. The second-order valence-corrected chi connectivity index (χ2v) is 23.5. The average Bonchev–Trinajstić information content (AvgIpc) is 3.21. The fourth-order valence-corrected chi connectivity index (χ4v) is 11.9. The third kappa shape index (κ3) is 3.77. The van der Waals surface area contributed by atoms with E-state index in [0.717, 1.165) is 17.8 Å². The molecule has 1 aromatic heterocycles. The smallest absolute Gasteiger partial charge is 0.184 e. The van der Waals surface area contributed by atoms with Crippen LogP contribution in [0.25, 0.3) is 0 Å². The summed E-state index contributed by atoms with van der Waals surface area (Å²) in [6.07, 6.45) is 11.4. The highest BCUT2D eigenvalue weighted by molar-refractivity contribution is 6.70. The normalized spacial score (nSPS) is 45.2. The molecule has 2 unspecified atom stereocenters. The molecule has 1 heterocycles. The molecule has 1 aromatic rings. The lowest BCUT2D eigenvalue weighted by molar-refractivity contribution is -0.150. The summed E-state index contributed by atoms with van der Waals surface area (Å²) >= 11 is 0. The van der Waals surface area contributed by atoms with Gasteiger partial charge in [-0.3, -0.25) is 5.10 Å². The maximum absolute atomic E-state index is 6.99. The van der Waals surface area contributed by atoms with E-state index in [4.69, 9.17) is 8.85 Å². The summed E-state index contributed by atoms with van der Waals surface area (Å²) in [7, 11) is -3.27. The first-order valence-electron chi connectivity index (χ1n) is 13.6. The summed E-state index contributed by atoms with van der Waals surface area (Å²) in [5.74, 6) is 3.03. The highest BCUT2D eigenvalue weighted by Crippen LogP contribution is 2.69. The van der Waals surface area contributed by atoms with Gasteiger partial charge in [-0.1, -0.05) is 13.8 Å². The van der Waals surface area contributed by atoms with Crippen LogP contribution < -0.4 is 0 Å². The van der Waals surface area contributed by atoms with Crippen LogP contribution in [0.15, 0.2) is 6.20 Å². The summed E-state index contributed by atoms with van der Waals surface area (Å²) in [6, 6.07) is 0. The molecule has 186 valence electrons. The quantitative estimate of drug-likeness (QED) is 0.451. The van der Waals surface area contributed by atoms with Crippen LogP contribution in [-0.4, -0.2) is 32.4 Å². The highest BCUT2D eigenvalue weighted by Gasteiger charge is 2.65. The fourth-order valence-electron chi connectivity index (χ4n) is 9.16. The van der Waals surface area contributed by atoms with Gasteiger partial charge < -0.3 is 8.85 Å². The van der Waals surface area contributed by atoms with Gasteiger partial charge in [0, 0.05) is 0 Å². The van der Waals surface area contributed by atoms with E-state index in [2.05, 4.69) is 76.4 Å². The van der Waals surface area contributed by atoms with Gasteiger partial charge in [-0.15, -0.1) is 0 Å². The molecule has 0 aliphatic heterocycles. The van der Waals surface area contributed by atoms with Crippen LogP contribution in [0.5, 0.6) is 0 Å². The largest absolute Gasteiger partial charge is 0.412 e. The minimum atomic E-state index is -1.68. The minimum absolute atomic E-state index is 0.0542. The van der Waals surface area contributed by atoms with E-state index in [1.807, 2.05) is 0 Å². The number of nitrogens with zero attached hydrogens (tertiary/aromatic N) is 1. The molecule has 4 aliphatic rings. The summed E-state index contributed by atoms with van der Waals surface area (Å²) in [6.45, 7) is 21.8. The summed E-state index contributed by atoms with van der Waals surface area (Å²) in [5.41, 5.74) is 3.39. The molecule has 33 heavy (non-hydrogen) atoms. The number of nitrogens with one attached hydrogen (secondary N) is 1. The van der Waals surface area contributed by atoms with Crippen molar-refractivity contribution in [3.05, 3.63) is 17.5 Å². The van der Waals surface area contributed by atoms with Crippen LogP contribution in [0.4, 0.5) is 0 Å². The Morgan fingerprint density at radius 1 is 0.879 bits per heavy atom. The number of aromatic amines is 1. The molecule has 0 bridgehead atoms. The minimum Gasteiger partial charge on any atom is -0.412 e. The molecule has 4 aliphatic carbocycles. The van der Waals surface area contributed by atoms with Gasteiger partial charge in [-0.05, 0) is 131 Å². The third-order valence-corrected chi connectivity index (χ3v) is 12.5. The number of fused-ring (bicyclic) bond motifs is 6. The first-order valence-corrected chi connectivity index (χ1v) is 20.4.